The Morgan fingerprint density at radius 2 is 1.74 bits per heavy atom. The number of furan rings is 1. The topological polar surface area (TPSA) is 107 Å². The van der Waals surface area contributed by atoms with E-state index < -0.39 is 0 Å². The number of nitrogens with one attached hydrogen (secondary N) is 3. The Balaban J connectivity index is 1.21. The maximum Gasteiger partial charge on any atom is 0.319 e. The van der Waals surface area contributed by atoms with Crippen LogP contribution in [0.4, 0.5) is 10.5 Å². The van der Waals surface area contributed by atoms with E-state index in [4.69, 9.17) is 4.42 Å². The molecule has 2 aliphatic rings. The molecule has 0 radical (unpaired) electrons. The molecule has 0 bridgehead atoms. The first-order chi connectivity index (χ1) is 16.9. The van der Waals surface area contributed by atoms with E-state index in [2.05, 4.69) is 20.9 Å². The Morgan fingerprint density at radius 3 is 2.40 bits per heavy atom. The van der Waals surface area contributed by atoms with E-state index in [9.17, 15) is 14.4 Å². The minimum atomic E-state index is -0.216. The number of hydrogen-bond acceptors (Lipinski definition) is 5. The highest BCUT2D eigenvalue weighted by molar-refractivity contribution is 5.95. The predicted molar refractivity (Wildman–Crippen MR) is 133 cm³/mol. The minimum Gasteiger partial charge on any atom is -0.455 e. The highest BCUT2D eigenvalue weighted by Gasteiger charge is 2.24. The van der Waals surface area contributed by atoms with Crippen molar-refractivity contribution in [3.63, 3.8) is 0 Å². The molecule has 9 heteroatoms. The number of nitrogens with zero attached hydrogens (tertiary/aromatic N) is 2. The Labute approximate surface area is 206 Å². The summed E-state index contributed by atoms with van der Waals surface area (Å²) in [6.07, 6.45) is 3.24. The first kappa shape index (κ1) is 24.8. The zero-order valence-electron chi connectivity index (χ0n) is 20.5. The summed E-state index contributed by atoms with van der Waals surface area (Å²) in [5.41, 5.74) is 1.26. The second-order valence-corrected chi connectivity index (χ2v) is 9.47. The summed E-state index contributed by atoms with van der Waals surface area (Å²) in [5, 5.41) is 8.58. The van der Waals surface area contributed by atoms with Crippen LogP contribution in [0.2, 0.25) is 0 Å². The van der Waals surface area contributed by atoms with Crippen molar-refractivity contribution < 1.29 is 18.8 Å². The van der Waals surface area contributed by atoms with Crippen molar-refractivity contribution in [3.05, 3.63) is 53.5 Å². The molecule has 0 spiro atoms. The molecule has 35 heavy (non-hydrogen) atoms. The molecule has 3 N–H and O–H groups in total. The van der Waals surface area contributed by atoms with Gasteiger partial charge in [0.2, 0.25) is 0 Å². The molecule has 1 aliphatic carbocycles. The maximum absolute atomic E-state index is 12.9. The van der Waals surface area contributed by atoms with Crippen LogP contribution in [0.1, 0.15) is 59.8 Å². The van der Waals surface area contributed by atoms with Gasteiger partial charge in [-0.3, -0.25) is 14.5 Å². The normalized spacial score (nSPS) is 17.0. The molecule has 1 saturated heterocycles. The number of piperazine rings is 1. The maximum atomic E-state index is 12.9. The monoisotopic (exact) mass is 481 g/mol. The van der Waals surface area contributed by atoms with Crippen molar-refractivity contribution in [1.29, 1.82) is 0 Å². The van der Waals surface area contributed by atoms with Gasteiger partial charge >= 0.3 is 6.03 Å². The first-order valence-electron chi connectivity index (χ1n) is 12.5. The van der Waals surface area contributed by atoms with Crippen LogP contribution in [0.5, 0.6) is 0 Å². The summed E-state index contributed by atoms with van der Waals surface area (Å²) in [7, 11) is 0. The second kappa shape index (κ2) is 11.4. The van der Waals surface area contributed by atoms with Crippen LogP contribution in [-0.4, -0.2) is 66.4 Å². The molecular weight excluding hydrogens is 446 g/mol. The number of carbonyl (C=O) groups excluding carboxylic acids is 3. The summed E-state index contributed by atoms with van der Waals surface area (Å²) in [5.74, 6) is 1.48. The number of carbonyl (C=O) groups is 3. The van der Waals surface area contributed by atoms with E-state index in [-0.39, 0.29) is 23.9 Å². The Kier molecular flexibility index (Phi) is 8.07. The Hall–Kier alpha value is -3.33. The lowest BCUT2D eigenvalue weighted by molar-refractivity contribution is 0.0618. The lowest BCUT2D eigenvalue weighted by atomic mass is 10.1. The SMILES string of the molecule is CCC(C)NC(=O)c1ccc(CN2CCN(C(=O)c3ccc(NC(=O)NCC4CC4)cc3)CC2)o1. The summed E-state index contributed by atoms with van der Waals surface area (Å²) < 4.78 is 5.74. The molecular formula is C26H35N5O4. The van der Waals surface area contributed by atoms with Crippen molar-refractivity contribution >= 4 is 23.5 Å². The predicted octanol–water partition coefficient (Wildman–Crippen LogP) is 3.30. The highest BCUT2D eigenvalue weighted by atomic mass is 16.4. The zero-order chi connectivity index (χ0) is 24.8. The Morgan fingerprint density at radius 1 is 1.03 bits per heavy atom. The quantitative estimate of drug-likeness (QED) is 0.510. The van der Waals surface area contributed by atoms with E-state index in [1.807, 2.05) is 24.8 Å². The fourth-order valence-electron chi connectivity index (χ4n) is 3.92. The van der Waals surface area contributed by atoms with Gasteiger partial charge in [-0.05, 0) is 68.5 Å². The number of amides is 4. The van der Waals surface area contributed by atoms with Crippen LogP contribution in [0, 0.1) is 5.92 Å². The third-order valence-corrected chi connectivity index (χ3v) is 6.55. The molecule has 2 fully saturated rings. The molecule has 1 aromatic carbocycles. The van der Waals surface area contributed by atoms with Gasteiger partial charge in [-0.1, -0.05) is 6.92 Å². The van der Waals surface area contributed by atoms with Crippen molar-refractivity contribution in [2.75, 3.05) is 38.0 Å². The summed E-state index contributed by atoms with van der Waals surface area (Å²) >= 11 is 0. The third-order valence-electron chi connectivity index (χ3n) is 6.55. The van der Waals surface area contributed by atoms with Gasteiger partial charge in [0.15, 0.2) is 5.76 Å². The van der Waals surface area contributed by atoms with Gasteiger partial charge < -0.3 is 25.3 Å². The smallest absolute Gasteiger partial charge is 0.319 e. The molecule has 1 saturated carbocycles. The molecule has 1 aromatic heterocycles. The number of benzene rings is 1. The van der Waals surface area contributed by atoms with Crippen LogP contribution in [-0.2, 0) is 6.54 Å². The van der Waals surface area contributed by atoms with Crippen molar-refractivity contribution in [2.24, 2.45) is 5.92 Å². The molecule has 188 valence electrons. The zero-order valence-corrected chi connectivity index (χ0v) is 20.5. The molecule has 2 heterocycles. The van der Waals surface area contributed by atoms with Gasteiger partial charge in [-0.15, -0.1) is 0 Å². The fraction of sp³-hybridized carbons (Fsp3) is 0.500. The molecule has 1 atom stereocenters. The summed E-state index contributed by atoms with van der Waals surface area (Å²) in [4.78, 5) is 41.1. The van der Waals surface area contributed by atoms with E-state index >= 15 is 0 Å². The average Bonchev–Trinajstić information content (AvgIpc) is 3.59. The van der Waals surface area contributed by atoms with Crippen molar-refractivity contribution in [1.82, 2.24) is 20.4 Å². The third kappa shape index (κ3) is 7.08. The Bertz CT molecular complexity index is 1020. The standard InChI is InChI=1S/C26H35N5O4/c1-3-18(2)28-24(32)23-11-10-22(35-23)17-30-12-14-31(15-13-30)25(33)20-6-8-21(9-7-20)29-26(34)27-16-19-4-5-19/h6-11,18-19H,3-5,12-17H2,1-2H3,(H,28,32)(H2,27,29,34). The van der Waals surface area contributed by atoms with Gasteiger partial charge in [0.1, 0.15) is 5.76 Å². The summed E-state index contributed by atoms with van der Waals surface area (Å²) in [6, 6.07) is 10.4. The van der Waals surface area contributed by atoms with Gasteiger partial charge in [0, 0.05) is 50.0 Å². The van der Waals surface area contributed by atoms with E-state index in [0.717, 1.165) is 25.3 Å². The summed E-state index contributed by atoms with van der Waals surface area (Å²) in [6.45, 7) is 7.97. The van der Waals surface area contributed by atoms with E-state index in [1.165, 1.54) is 12.8 Å². The molecule has 4 amide bonds. The van der Waals surface area contributed by atoms with Gasteiger partial charge in [-0.2, -0.15) is 0 Å². The van der Waals surface area contributed by atoms with Crippen molar-refractivity contribution in [2.45, 2.75) is 45.7 Å². The van der Waals surface area contributed by atoms with E-state index in [1.54, 1.807) is 30.3 Å². The van der Waals surface area contributed by atoms with Crippen LogP contribution >= 0.6 is 0 Å². The van der Waals surface area contributed by atoms with Crippen LogP contribution in [0.3, 0.4) is 0 Å². The lowest BCUT2D eigenvalue weighted by Gasteiger charge is -2.34. The number of anilines is 1. The van der Waals surface area contributed by atoms with Gasteiger partial charge in [-0.25, -0.2) is 4.79 Å². The van der Waals surface area contributed by atoms with Gasteiger partial charge in [0.25, 0.3) is 11.8 Å². The van der Waals surface area contributed by atoms with Gasteiger partial charge in [0.05, 0.1) is 6.54 Å². The number of hydrogen-bond donors (Lipinski definition) is 3. The molecule has 9 nitrogen and oxygen atoms in total. The molecule has 1 unspecified atom stereocenters. The molecule has 4 rings (SSSR count). The van der Waals surface area contributed by atoms with Crippen LogP contribution in [0.25, 0.3) is 0 Å². The molecule has 1 aliphatic heterocycles. The average molecular weight is 482 g/mol. The fourth-order valence-corrected chi connectivity index (χ4v) is 3.92. The minimum absolute atomic E-state index is 0.0172. The largest absolute Gasteiger partial charge is 0.455 e. The van der Waals surface area contributed by atoms with Crippen molar-refractivity contribution in [3.8, 4) is 0 Å². The lowest BCUT2D eigenvalue weighted by Crippen LogP contribution is -2.48. The number of rotatable bonds is 9. The number of urea groups is 1. The second-order valence-electron chi connectivity index (χ2n) is 9.47. The highest BCUT2D eigenvalue weighted by Crippen LogP contribution is 2.27. The van der Waals surface area contributed by atoms with Crippen LogP contribution < -0.4 is 16.0 Å². The van der Waals surface area contributed by atoms with E-state index in [0.29, 0.717) is 49.1 Å². The van der Waals surface area contributed by atoms with Crippen LogP contribution in [0.15, 0.2) is 40.8 Å². The first-order valence-corrected chi connectivity index (χ1v) is 12.5. The molecule has 2 aromatic rings.